The molecule has 0 aliphatic carbocycles. The summed E-state index contributed by atoms with van der Waals surface area (Å²) in [5.41, 5.74) is 1.15. The van der Waals surface area contributed by atoms with E-state index in [1.54, 1.807) is 0 Å². The molecule has 0 spiro atoms. The zero-order valence-corrected chi connectivity index (χ0v) is 13.2. The van der Waals surface area contributed by atoms with E-state index in [0.717, 1.165) is 19.4 Å². The first-order valence-corrected chi connectivity index (χ1v) is 7.47. The lowest BCUT2D eigenvalue weighted by Gasteiger charge is -2.26. The molecule has 1 aromatic carbocycles. The summed E-state index contributed by atoms with van der Waals surface area (Å²) in [5.74, 6) is 0.121. The largest absolute Gasteiger partial charge is 0.351 e. The Kier molecular flexibility index (Phi) is 6.73. The lowest BCUT2D eigenvalue weighted by molar-refractivity contribution is -0.122. The summed E-state index contributed by atoms with van der Waals surface area (Å²) in [6.07, 6.45) is 2.46. The highest BCUT2D eigenvalue weighted by Crippen LogP contribution is 2.13. The zero-order chi connectivity index (χ0) is 15.0. The number of carbonyl (C=O) groups excluding carboxylic acids is 1. The van der Waals surface area contributed by atoms with Gasteiger partial charge in [-0.25, -0.2) is 0 Å². The van der Waals surface area contributed by atoms with Gasteiger partial charge in [0.25, 0.3) is 0 Å². The summed E-state index contributed by atoms with van der Waals surface area (Å²) in [5, 5.41) is 6.38. The number of aryl methyl sites for hydroxylation is 1. The zero-order valence-electron chi connectivity index (χ0n) is 13.2. The Morgan fingerprint density at radius 2 is 1.85 bits per heavy atom. The van der Waals surface area contributed by atoms with Crippen LogP contribution in [0.1, 0.15) is 46.1 Å². The van der Waals surface area contributed by atoms with Crippen molar-refractivity contribution in [2.24, 2.45) is 0 Å². The summed E-state index contributed by atoms with van der Waals surface area (Å²) < 4.78 is 0. The van der Waals surface area contributed by atoms with Crippen LogP contribution in [0.5, 0.6) is 0 Å². The molecule has 20 heavy (non-hydrogen) atoms. The Morgan fingerprint density at radius 1 is 1.20 bits per heavy atom. The molecular weight excluding hydrogens is 248 g/mol. The molecule has 0 fully saturated rings. The number of rotatable bonds is 8. The summed E-state index contributed by atoms with van der Waals surface area (Å²) in [4.78, 5) is 11.9. The maximum absolute atomic E-state index is 11.9. The molecule has 0 aliphatic rings. The van der Waals surface area contributed by atoms with Crippen LogP contribution in [-0.2, 0) is 11.2 Å². The molecule has 1 rings (SSSR count). The Hall–Kier alpha value is -1.35. The second kappa shape index (κ2) is 8.05. The van der Waals surface area contributed by atoms with Crippen molar-refractivity contribution in [3.8, 4) is 0 Å². The Labute approximate surface area is 123 Å². The second-order valence-electron chi connectivity index (χ2n) is 6.28. The first-order chi connectivity index (χ1) is 9.39. The number of amides is 1. The molecule has 3 heteroatoms. The van der Waals surface area contributed by atoms with E-state index in [-0.39, 0.29) is 11.4 Å². The van der Waals surface area contributed by atoms with E-state index in [4.69, 9.17) is 0 Å². The van der Waals surface area contributed by atoms with Gasteiger partial charge >= 0.3 is 0 Å². The molecule has 0 radical (unpaired) electrons. The molecule has 0 saturated carbocycles. The Balaban J connectivity index is 2.31. The molecule has 0 heterocycles. The van der Waals surface area contributed by atoms with Gasteiger partial charge < -0.3 is 10.6 Å². The molecule has 0 aromatic heterocycles. The number of nitrogens with one attached hydrogen (secondary N) is 2. The molecule has 0 atom stereocenters. The average molecular weight is 276 g/mol. The van der Waals surface area contributed by atoms with Crippen molar-refractivity contribution in [3.05, 3.63) is 35.9 Å². The predicted molar refractivity (Wildman–Crippen MR) is 84.7 cm³/mol. The van der Waals surface area contributed by atoms with Crippen molar-refractivity contribution >= 4 is 5.91 Å². The maximum atomic E-state index is 11.9. The van der Waals surface area contributed by atoms with Crippen LogP contribution in [0.2, 0.25) is 0 Å². The van der Waals surface area contributed by atoms with E-state index in [0.29, 0.717) is 12.5 Å². The highest BCUT2D eigenvalue weighted by atomic mass is 16.1. The topological polar surface area (TPSA) is 41.1 Å². The number of carbonyl (C=O) groups is 1. The monoisotopic (exact) mass is 276 g/mol. The van der Waals surface area contributed by atoms with Crippen LogP contribution in [-0.4, -0.2) is 24.0 Å². The van der Waals surface area contributed by atoms with E-state index in [1.165, 1.54) is 5.56 Å². The number of hydrogen-bond donors (Lipinski definition) is 2. The van der Waals surface area contributed by atoms with Crippen LogP contribution in [0.25, 0.3) is 0 Å². The average Bonchev–Trinajstić information content (AvgIpc) is 2.37. The fourth-order valence-corrected chi connectivity index (χ4v) is 2.08. The minimum Gasteiger partial charge on any atom is -0.351 e. The van der Waals surface area contributed by atoms with Crippen molar-refractivity contribution in [2.45, 2.75) is 58.5 Å². The number of benzene rings is 1. The highest BCUT2D eigenvalue weighted by molar-refractivity contribution is 5.76. The highest BCUT2D eigenvalue weighted by Gasteiger charge is 2.19. The molecule has 1 amide bonds. The molecule has 0 bridgehead atoms. The van der Waals surface area contributed by atoms with Gasteiger partial charge in [0.2, 0.25) is 5.91 Å². The van der Waals surface area contributed by atoms with Crippen LogP contribution in [0.3, 0.4) is 0 Å². The smallest absolute Gasteiger partial charge is 0.221 e. The van der Waals surface area contributed by atoms with Crippen LogP contribution in [0, 0.1) is 0 Å². The van der Waals surface area contributed by atoms with E-state index in [2.05, 4.69) is 62.6 Å². The standard InChI is InChI=1S/C17H28N2O/c1-14(2)18-13-11-16(20)19-17(3,4)12-10-15-8-6-5-7-9-15/h5-9,14,18H,10-13H2,1-4H3,(H,19,20). The third kappa shape index (κ3) is 7.29. The minimum absolute atomic E-state index is 0.121. The minimum atomic E-state index is -0.162. The molecule has 112 valence electrons. The van der Waals surface area contributed by atoms with Gasteiger partial charge in [0.1, 0.15) is 0 Å². The maximum Gasteiger partial charge on any atom is 0.221 e. The normalized spacial score (nSPS) is 11.7. The Bertz CT molecular complexity index is 399. The third-order valence-corrected chi connectivity index (χ3v) is 3.26. The summed E-state index contributed by atoms with van der Waals surface area (Å²) in [6, 6.07) is 10.8. The summed E-state index contributed by atoms with van der Waals surface area (Å²) in [7, 11) is 0. The van der Waals surface area contributed by atoms with Crippen LogP contribution in [0.4, 0.5) is 0 Å². The van der Waals surface area contributed by atoms with Crippen molar-refractivity contribution in [1.29, 1.82) is 0 Å². The van der Waals surface area contributed by atoms with Crippen LogP contribution >= 0.6 is 0 Å². The van der Waals surface area contributed by atoms with Gasteiger partial charge in [-0.1, -0.05) is 44.2 Å². The van der Waals surface area contributed by atoms with E-state index < -0.39 is 0 Å². The van der Waals surface area contributed by atoms with Crippen LogP contribution < -0.4 is 10.6 Å². The number of hydrogen-bond acceptors (Lipinski definition) is 2. The fraction of sp³-hybridized carbons (Fsp3) is 0.588. The van der Waals surface area contributed by atoms with Crippen molar-refractivity contribution < 1.29 is 4.79 Å². The van der Waals surface area contributed by atoms with Crippen molar-refractivity contribution in [3.63, 3.8) is 0 Å². The first-order valence-electron chi connectivity index (χ1n) is 7.47. The summed E-state index contributed by atoms with van der Waals surface area (Å²) in [6.45, 7) is 9.08. The van der Waals surface area contributed by atoms with Gasteiger partial charge in [0.15, 0.2) is 0 Å². The van der Waals surface area contributed by atoms with Gasteiger partial charge in [-0.15, -0.1) is 0 Å². The van der Waals surface area contributed by atoms with E-state index >= 15 is 0 Å². The van der Waals surface area contributed by atoms with Gasteiger partial charge in [-0.05, 0) is 32.3 Å². The molecule has 3 nitrogen and oxygen atoms in total. The van der Waals surface area contributed by atoms with Gasteiger partial charge in [0, 0.05) is 24.5 Å². The van der Waals surface area contributed by atoms with E-state index in [9.17, 15) is 4.79 Å². The van der Waals surface area contributed by atoms with E-state index in [1.807, 2.05) is 6.07 Å². The summed E-state index contributed by atoms with van der Waals surface area (Å²) >= 11 is 0. The molecule has 1 aromatic rings. The van der Waals surface area contributed by atoms with Crippen LogP contribution in [0.15, 0.2) is 30.3 Å². The Morgan fingerprint density at radius 3 is 2.45 bits per heavy atom. The predicted octanol–water partition coefficient (Wildman–Crippen LogP) is 2.90. The lowest BCUT2D eigenvalue weighted by Crippen LogP contribution is -2.44. The quantitative estimate of drug-likeness (QED) is 0.766. The fourth-order valence-electron chi connectivity index (χ4n) is 2.08. The first kappa shape index (κ1) is 16.7. The van der Waals surface area contributed by atoms with Gasteiger partial charge in [-0.2, -0.15) is 0 Å². The molecular formula is C17H28N2O. The van der Waals surface area contributed by atoms with Gasteiger partial charge in [-0.3, -0.25) is 4.79 Å². The molecule has 0 saturated heterocycles. The lowest BCUT2D eigenvalue weighted by atomic mass is 9.95. The molecule has 0 aliphatic heterocycles. The third-order valence-electron chi connectivity index (χ3n) is 3.26. The van der Waals surface area contributed by atoms with Gasteiger partial charge in [0.05, 0.1) is 0 Å². The molecule has 2 N–H and O–H groups in total. The van der Waals surface area contributed by atoms with Crippen molar-refractivity contribution in [1.82, 2.24) is 10.6 Å². The van der Waals surface area contributed by atoms with Crippen molar-refractivity contribution in [2.75, 3.05) is 6.54 Å². The SMILES string of the molecule is CC(C)NCCC(=O)NC(C)(C)CCc1ccccc1. The molecule has 0 unspecified atom stereocenters. The second-order valence-corrected chi connectivity index (χ2v) is 6.28.